The first kappa shape index (κ1) is 75.1. The number of carbonyl (C=O) groups is 3. The first-order valence-corrected chi connectivity index (χ1v) is 34.3. The topological polar surface area (TPSA) is 78.9 Å². The van der Waals surface area contributed by atoms with Crippen LogP contribution in [0.3, 0.4) is 0 Å². The van der Waals surface area contributed by atoms with Gasteiger partial charge in [-0.1, -0.05) is 338 Å². The molecule has 78 heavy (non-hydrogen) atoms. The number of esters is 3. The predicted octanol–water partition coefficient (Wildman–Crippen LogP) is 23.5. The van der Waals surface area contributed by atoms with Gasteiger partial charge in [-0.2, -0.15) is 0 Å². The van der Waals surface area contributed by atoms with Crippen LogP contribution in [-0.4, -0.2) is 37.2 Å². The molecule has 1 atom stereocenters. The number of unbranched alkanes of at least 4 members (excludes halogenated alkanes) is 42. The molecule has 6 nitrogen and oxygen atoms in total. The van der Waals surface area contributed by atoms with Crippen LogP contribution in [0.1, 0.15) is 361 Å². The highest BCUT2D eigenvalue weighted by atomic mass is 16.6. The molecule has 0 saturated carbocycles. The fourth-order valence-electron chi connectivity index (χ4n) is 10.2. The van der Waals surface area contributed by atoms with Crippen molar-refractivity contribution in [3.05, 3.63) is 60.8 Å². The molecule has 0 aliphatic rings. The number of carbonyl (C=O) groups excluding carboxylic acids is 3. The summed E-state index contributed by atoms with van der Waals surface area (Å²) in [5, 5.41) is 0. The van der Waals surface area contributed by atoms with Crippen LogP contribution >= 0.6 is 0 Å². The molecule has 0 radical (unpaired) electrons. The summed E-state index contributed by atoms with van der Waals surface area (Å²) >= 11 is 0. The molecule has 0 fully saturated rings. The zero-order valence-corrected chi connectivity index (χ0v) is 52.2. The van der Waals surface area contributed by atoms with Crippen LogP contribution in [0.25, 0.3) is 0 Å². The first-order chi connectivity index (χ1) is 38.5. The third kappa shape index (κ3) is 63.9. The van der Waals surface area contributed by atoms with Gasteiger partial charge in [0.25, 0.3) is 0 Å². The zero-order valence-electron chi connectivity index (χ0n) is 52.2. The van der Waals surface area contributed by atoms with Crippen molar-refractivity contribution in [3.63, 3.8) is 0 Å². The van der Waals surface area contributed by atoms with Crippen molar-refractivity contribution < 1.29 is 28.6 Å². The maximum atomic E-state index is 12.9. The number of ether oxygens (including phenoxy) is 3. The Hall–Kier alpha value is -2.89. The van der Waals surface area contributed by atoms with Crippen LogP contribution in [0.4, 0.5) is 0 Å². The Morgan fingerprint density at radius 3 is 0.782 bits per heavy atom. The van der Waals surface area contributed by atoms with E-state index in [0.29, 0.717) is 19.3 Å². The molecule has 0 heterocycles. The standard InChI is InChI=1S/C72H130O6/c1-4-7-10-13-16-19-22-24-26-28-29-30-31-32-33-34-35-36-37-38-39-40-41-42-43-44-46-47-50-53-56-59-62-65-71(74)77-68-69(67-76-70(73)64-61-58-55-52-49-21-18-15-12-9-6-3)78-72(75)66-63-60-57-54-51-48-45-27-25-23-20-17-14-11-8-5-2/h7,10,16,19,24,26,29-30,32-33,69H,4-6,8-9,11-15,17-18,20-23,25,27-28,31,34-68H2,1-3H3/b10-7-,19-16-,26-24-,30-29-,33-32-. The van der Waals surface area contributed by atoms with Gasteiger partial charge >= 0.3 is 17.9 Å². The Balaban J connectivity index is 4.09. The first-order valence-electron chi connectivity index (χ1n) is 34.3. The van der Waals surface area contributed by atoms with Gasteiger partial charge in [0.05, 0.1) is 0 Å². The van der Waals surface area contributed by atoms with E-state index in [9.17, 15) is 14.4 Å². The smallest absolute Gasteiger partial charge is 0.306 e. The highest BCUT2D eigenvalue weighted by molar-refractivity contribution is 5.71. The molecule has 0 spiro atoms. The normalized spacial score (nSPS) is 12.4. The lowest BCUT2D eigenvalue weighted by Gasteiger charge is -2.18. The van der Waals surface area contributed by atoms with Gasteiger partial charge in [-0.25, -0.2) is 0 Å². The molecule has 0 N–H and O–H groups in total. The van der Waals surface area contributed by atoms with Gasteiger partial charge in [-0.15, -0.1) is 0 Å². The van der Waals surface area contributed by atoms with Gasteiger partial charge in [0.2, 0.25) is 0 Å². The number of hydrogen-bond acceptors (Lipinski definition) is 6. The second-order valence-corrected chi connectivity index (χ2v) is 23.1. The van der Waals surface area contributed by atoms with Crippen molar-refractivity contribution in [2.75, 3.05) is 13.2 Å². The summed E-state index contributed by atoms with van der Waals surface area (Å²) < 4.78 is 16.9. The quantitative estimate of drug-likeness (QED) is 0.0261. The van der Waals surface area contributed by atoms with Gasteiger partial charge in [-0.05, 0) is 64.2 Å². The molecule has 6 heteroatoms. The maximum Gasteiger partial charge on any atom is 0.306 e. The average molecular weight is 1090 g/mol. The molecule has 0 bridgehead atoms. The molecule has 0 rings (SSSR count). The van der Waals surface area contributed by atoms with Crippen molar-refractivity contribution in [1.29, 1.82) is 0 Å². The Morgan fingerprint density at radius 2 is 0.500 bits per heavy atom. The number of hydrogen-bond donors (Lipinski definition) is 0. The van der Waals surface area contributed by atoms with Gasteiger partial charge in [0, 0.05) is 19.3 Å². The van der Waals surface area contributed by atoms with Crippen LogP contribution in [-0.2, 0) is 28.6 Å². The molecule has 0 aliphatic heterocycles. The van der Waals surface area contributed by atoms with Crippen molar-refractivity contribution in [2.45, 2.75) is 367 Å². The van der Waals surface area contributed by atoms with Crippen molar-refractivity contribution >= 4 is 17.9 Å². The zero-order chi connectivity index (χ0) is 56.4. The minimum atomic E-state index is -0.768. The Kier molecular flexibility index (Phi) is 64.2. The summed E-state index contributed by atoms with van der Waals surface area (Å²) in [6.07, 6.45) is 85.4. The lowest BCUT2D eigenvalue weighted by atomic mass is 10.0. The molecule has 0 amide bonds. The Bertz CT molecular complexity index is 1390. The molecule has 454 valence electrons. The molecule has 0 aliphatic carbocycles. The van der Waals surface area contributed by atoms with E-state index in [4.69, 9.17) is 14.2 Å². The summed E-state index contributed by atoms with van der Waals surface area (Å²) in [5.74, 6) is -0.842. The van der Waals surface area contributed by atoms with Crippen LogP contribution in [0.2, 0.25) is 0 Å². The van der Waals surface area contributed by atoms with Gasteiger partial charge in [0.15, 0.2) is 6.10 Å². The minimum Gasteiger partial charge on any atom is -0.462 e. The minimum absolute atomic E-state index is 0.0663. The van der Waals surface area contributed by atoms with Gasteiger partial charge < -0.3 is 14.2 Å². The summed E-state index contributed by atoms with van der Waals surface area (Å²) in [6, 6.07) is 0. The summed E-state index contributed by atoms with van der Waals surface area (Å²) in [4.78, 5) is 38.3. The molecule has 0 aromatic heterocycles. The molecular weight excluding hydrogens is 961 g/mol. The molecule has 0 aromatic rings. The van der Waals surface area contributed by atoms with Crippen molar-refractivity contribution in [1.82, 2.24) is 0 Å². The van der Waals surface area contributed by atoms with E-state index in [-0.39, 0.29) is 31.1 Å². The van der Waals surface area contributed by atoms with Crippen molar-refractivity contribution in [2.24, 2.45) is 0 Å². The summed E-state index contributed by atoms with van der Waals surface area (Å²) in [7, 11) is 0. The highest BCUT2D eigenvalue weighted by Gasteiger charge is 2.19. The average Bonchev–Trinajstić information content (AvgIpc) is 3.44. The lowest BCUT2D eigenvalue weighted by molar-refractivity contribution is -0.167. The third-order valence-corrected chi connectivity index (χ3v) is 15.3. The van der Waals surface area contributed by atoms with E-state index in [0.717, 1.165) is 89.9 Å². The SMILES string of the molecule is CC/C=C\C/C=C\C/C=C\C/C=C\C/C=C\CCCCCCCCCCCCCCCCCCCC(=O)OCC(COC(=O)CCCCCCCCCCCCC)OC(=O)CCCCCCCCCCCCCCCCCC. The van der Waals surface area contributed by atoms with E-state index >= 15 is 0 Å². The van der Waals surface area contributed by atoms with E-state index in [1.165, 1.54) is 231 Å². The van der Waals surface area contributed by atoms with Crippen LogP contribution < -0.4 is 0 Å². The summed E-state index contributed by atoms with van der Waals surface area (Å²) in [6.45, 7) is 6.58. The highest BCUT2D eigenvalue weighted by Crippen LogP contribution is 2.18. The van der Waals surface area contributed by atoms with Gasteiger partial charge in [0.1, 0.15) is 13.2 Å². The van der Waals surface area contributed by atoms with E-state index in [1.54, 1.807) is 0 Å². The fraction of sp³-hybridized carbons (Fsp3) is 0.819. The van der Waals surface area contributed by atoms with E-state index < -0.39 is 6.10 Å². The van der Waals surface area contributed by atoms with Crippen LogP contribution in [0, 0.1) is 0 Å². The largest absolute Gasteiger partial charge is 0.462 e. The number of rotatable bonds is 63. The Labute approximate surface area is 485 Å². The Morgan fingerprint density at radius 1 is 0.269 bits per heavy atom. The van der Waals surface area contributed by atoms with Crippen LogP contribution in [0.15, 0.2) is 60.8 Å². The van der Waals surface area contributed by atoms with Gasteiger partial charge in [-0.3, -0.25) is 14.4 Å². The molecule has 1 unspecified atom stereocenters. The second-order valence-electron chi connectivity index (χ2n) is 23.1. The third-order valence-electron chi connectivity index (χ3n) is 15.3. The fourth-order valence-corrected chi connectivity index (χ4v) is 10.2. The number of allylic oxidation sites excluding steroid dienone is 10. The van der Waals surface area contributed by atoms with Crippen LogP contribution in [0.5, 0.6) is 0 Å². The lowest BCUT2D eigenvalue weighted by Crippen LogP contribution is -2.30. The van der Waals surface area contributed by atoms with E-state index in [1.807, 2.05) is 0 Å². The second kappa shape index (κ2) is 66.6. The summed E-state index contributed by atoms with van der Waals surface area (Å²) in [5.41, 5.74) is 0. The molecular formula is C72H130O6. The van der Waals surface area contributed by atoms with Crippen molar-refractivity contribution in [3.8, 4) is 0 Å². The monoisotopic (exact) mass is 1090 g/mol. The van der Waals surface area contributed by atoms with E-state index in [2.05, 4.69) is 81.5 Å². The molecule has 0 saturated heterocycles. The maximum absolute atomic E-state index is 12.9. The molecule has 0 aromatic carbocycles. The predicted molar refractivity (Wildman–Crippen MR) is 339 cm³/mol.